The lowest BCUT2D eigenvalue weighted by Gasteiger charge is -2.22. The van der Waals surface area contributed by atoms with E-state index in [1.165, 1.54) is 42.5 Å². The summed E-state index contributed by atoms with van der Waals surface area (Å²) in [6, 6.07) is 10.5. The number of likely N-dealkylation sites (N-methyl/N-ethyl adjacent to an activating group) is 1. The minimum absolute atomic E-state index is 0.162. The van der Waals surface area contributed by atoms with Crippen LogP contribution in [0.1, 0.15) is 6.92 Å². The van der Waals surface area contributed by atoms with E-state index in [0.717, 1.165) is 6.07 Å². The van der Waals surface area contributed by atoms with Crippen LogP contribution in [0.15, 0.2) is 53.4 Å². The van der Waals surface area contributed by atoms with Crippen molar-refractivity contribution in [2.75, 3.05) is 23.3 Å². The van der Waals surface area contributed by atoms with Crippen molar-refractivity contribution < 1.29 is 26.4 Å². The van der Waals surface area contributed by atoms with Crippen molar-refractivity contribution in [3.05, 3.63) is 54.3 Å². The molecule has 0 aliphatic rings. The van der Waals surface area contributed by atoms with Gasteiger partial charge in [-0.05, 0) is 43.3 Å². The first-order chi connectivity index (χ1) is 12.3. The van der Waals surface area contributed by atoms with Crippen molar-refractivity contribution in [2.24, 2.45) is 0 Å². The number of amides is 1. The number of nitrogens with zero attached hydrogens (tertiary/aromatic N) is 1. The van der Waals surface area contributed by atoms with Crippen LogP contribution in [0.5, 0.6) is 0 Å². The molecule has 2 rings (SSSR count). The van der Waals surface area contributed by atoms with E-state index in [2.05, 4.69) is 5.32 Å². The summed E-state index contributed by atoms with van der Waals surface area (Å²) in [6.07, 6.45) is 0. The highest BCUT2D eigenvalue weighted by atomic mass is 32.2. The van der Waals surface area contributed by atoms with Crippen molar-refractivity contribution >= 4 is 27.1 Å². The van der Waals surface area contributed by atoms with E-state index in [1.807, 2.05) is 0 Å². The van der Waals surface area contributed by atoms with Gasteiger partial charge in [0.25, 0.3) is 0 Å². The standard InChI is InChI=1S/C17H17F3N2O3S/c1-2-22(13-9-7-12(18)8-10-13)11-16(23)21-14-5-3-4-6-15(14)26(24,25)17(19)20/h3-10,17H,2,11H2,1H3,(H,21,23). The van der Waals surface area contributed by atoms with Gasteiger partial charge >= 0.3 is 5.76 Å². The number of hydrogen-bond acceptors (Lipinski definition) is 4. The predicted molar refractivity (Wildman–Crippen MR) is 92.5 cm³/mol. The Kier molecular flexibility index (Phi) is 6.25. The maximum atomic E-state index is 13.0. The summed E-state index contributed by atoms with van der Waals surface area (Å²) in [4.78, 5) is 13.2. The molecule has 0 saturated heterocycles. The molecular formula is C17H17F3N2O3S. The summed E-state index contributed by atoms with van der Waals surface area (Å²) in [5.41, 5.74) is 0.380. The lowest BCUT2D eigenvalue weighted by atomic mass is 10.2. The quantitative estimate of drug-likeness (QED) is 0.793. The van der Waals surface area contributed by atoms with Crippen LogP contribution in [-0.2, 0) is 14.6 Å². The molecule has 2 aromatic rings. The molecule has 26 heavy (non-hydrogen) atoms. The fourth-order valence-electron chi connectivity index (χ4n) is 2.31. The van der Waals surface area contributed by atoms with Crippen LogP contribution in [0.25, 0.3) is 0 Å². The number of halogens is 3. The van der Waals surface area contributed by atoms with Gasteiger partial charge in [0.15, 0.2) is 0 Å². The van der Waals surface area contributed by atoms with Crippen LogP contribution in [0, 0.1) is 5.82 Å². The highest BCUT2D eigenvalue weighted by molar-refractivity contribution is 7.91. The molecular weight excluding hydrogens is 369 g/mol. The number of carbonyl (C=O) groups excluding carboxylic acids is 1. The van der Waals surface area contributed by atoms with Crippen LogP contribution in [0.2, 0.25) is 0 Å². The van der Waals surface area contributed by atoms with Crippen LogP contribution in [-0.4, -0.2) is 33.2 Å². The van der Waals surface area contributed by atoms with Gasteiger partial charge < -0.3 is 10.2 Å². The average Bonchev–Trinajstić information content (AvgIpc) is 2.60. The molecule has 9 heteroatoms. The second-order valence-corrected chi connectivity index (χ2v) is 7.23. The summed E-state index contributed by atoms with van der Waals surface area (Å²) in [6.45, 7) is 2.05. The molecule has 0 aliphatic carbocycles. The zero-order chi connectivity index (χ0) is 19.3. The number of para-hydroxylation sites is 1. The first kappa shape index (κ1) is 19.8. The third-order valence-electron chi connectivity index (χ3n) is 3.61. The van der Waals surface area contributed by atoms with Crippen molar-refractivity contribution in [3.63, 3.8) is 0 Å². The maximum Gasteiger partial charge on any atom is 0.341 e. The number of benzene rings is 2. The van der Waals surface area contributed by atoms with E-state index in [-0.39, 0.29) is 12.2 Å². The number of carbonyl (C=O) groups is 1. The van der Waals surface area contributed by atoms with Gasteiger partial charge in [0.2, 0.25) is 15.7 Å². The summed E-state index contributed by atoms with van der Waals surface area (Å²) in [5, 5.41) is 2.35. The van der Waals surface area contributed by atoms with Gasteiger partial charge in [-0.15, -0.1) is 0 Å². The van der Waals surface area contributed by atoms with Crippen molar-refractivity contribution in [3.8, 4) is 0 Å². The number of rotatable bonds is 7. The van der Waals surface area contributed by atoms with Gasteiger partial charge in [-0.25, -0.2) is 12.8 Å². The molecule has 0 heterocycles. The maximum absolute atomic E-state index is 13.0. The fourth-order valence-corrected chi connectivity index (χ4v) is 3.20. The van der Waals surface area contributed by atoms with Crippen molar-refractivity contribution in [1.29, 1.82) is 0 Å². The Labute approximate surface area is 149 Å². The molecule has 0 spiro atoms. The van der Waals surface area contributed by atoms with Gasteiger partial charge in [-0.2, -0.15) is 8.78 Å². The first-order valence-corrected chi connectivity index (χ1v) is 9.21. The second kappa shape index (κ2) is 8.22. The predicted octanol–water partition coefficient (Wildman–Crippen LogP) is 3.29. The third kappa shape index (κ3) is 4.54. The normalized spacial score (nSPS) is 11.4. The first-order valence-electron chi connectivity index (χ1n) is 7.67. The van der Waals surface area contributed by atoms with Crippen LogP contribution in [0.4, 0.5) is 24.5 Å². The zero-order valence-electron chi connectivity index (χ0n) is 13.8. The van der Waals surface area contributed by atoms with E-state index >= 15 is 0 Å². The monoisotopic (exact) mass is 386 g/mol. The zero-order valence-corrected chi connectivity index (χ0v) is 14.6. The number of nitrogens with one attached hydrogen (secondary N) is 1. The highest BCUT2D eigenvalue weighted by Crippen LogP contribution is 2.26. The molecule has 0 unspecified atom stereocenters. The Hall–Kier alpha value is -2.55. The van der Waals surface area contributed by atoms with E-state index in [0.29, 0.717) is 12.2 Å². The molecule has 0 saturated carbocycles. The lowest BCUT2D eigenvalue weighted by Crippen LogP contribution is -2.33. The van der Waals surface area contributed by atoms with Crippen LogP contribution >= 0.6 is 0 Å². The smallest absolute Gasteiger partial charge is 0.341 e. The van der Waals surface area contributed by atoms with Gasteiger partial charge in [0.05, 0.1) is 17.1 Å². The minimum atomic E-state index is -4.85. The van der Waals surface area contributed by atoms with Gasteiger partial charge in [-0.3, -0.25) is 4.79 Å². The highest BCUT2D eigenvalue weighted by Gasteiger charge is 2.29. The number of sulfone groups is 1. The average molecular weight is 386 g/mol. The van der Waals surface area contributed by atoms with Crippen molar-refractivity contribution in [2.45, 2.75) is 17.6 Å². The number of hydrogen-bond donors (Lipinski definition) is 1. The van der Waals surface area contributed by atoms with E-state index < -0.39 is 32.2 Å². The Balaban J connectivity index is 2.19. The van der Waals surface area contributed by atoms with E-state index in [1.54, 1.807) is 11.8 Å². The summed E-state index contributed by atoms with van der Waals surface area (Å²) >= 11 is 0. The Bertz CT molecular complexity index is 871. The van der Waals surface area contributed by atoms with Gasteiger partial charge in [0.1, 0.15) is 5.82 Å². The molecule has 2 aromatic carbocycles. The second-order valence-electron chi connectivity index (χ2n) is 5.34. The van der Waals surface area contributed by atoms with Crippen LogP contribution in [0.3, 0.4) is 0 Å². The molecule has 0 fully saturated rings. The minimum Gasteiger partial charge on any atom is -0.362 e. The Morgan fingerprint density at radius 2 is 1.73 bits per heavy atom. The van der Waals surface area contributed by atoms with Gasteiger partial charge in [-0.1, -0.05) is 12.1 Å². The Morgan fingerprint density at radius 1 is 1.12 bits per heavy atom. The topological polar surface area (TPSA) is 66.5 Å². The third-order valence-corrected chi connectivity index (χ3v) is 5.05. The Morgan fingerprint density at radius 3 is 2.31 bits per heavy atom. The number of anilines is 2. The number of alkyl halides is 2. The van der Waals surface area contributed by atoms with Crippen molar-refractivity contribution in [1.82, 2.24) is 0 Å². The summed E-state index contributed by atoms with van der Waals surface area (Å²) in [5.74, 6) is -4.60. The SMILES string of the molecule is CCN(CC(=O)Nc1ccccc1S(=O)(=O)C(F)F)c1ccc(F)cc1. The molecule has 0 atom stereocenters. The molecule has 1 N–H and O–H groups in total. The molecule has 1 amide bonds. The molecule has 5 nitrogen and oxygen atoms in total. The largest absolute Gasteiger partial charge is 0.362 e. The lowest BCUT2D eigenvalue weighted by molar-refractivity contribution is -0.115. The summed E-state index contributed by atoms with van der Waals surface area (Å²) < 4.78 is 62.0. The summed E-state index contributed by atoms with van der Waals surface area (Å²) in [7, 11) is -4.85. The molecule has 0 radical (unpaired) electrons. The fraction of sp³-hybridized carbons (Fsp3) is 0.235. The molecule has 0 bridgehead atoms. The van der Waals surface area contributed by atoms with Gasteiger partial charge in [0, 0.05) is 12.2 Å². The van der Waals surface area contributed by atoms with E-state index in [4.69, 9.17) is 0 Å². The molecule has 0 aliphatic heterocycles. The van der Waals surface area contributed by atoms with E-state index in [9.17, 15) is 26.4 Å². The molecule has 140 valence electrons. The molecule has 0 aromatic heterocycles. The van der Waals surface area contributed by atoms with Crippen LogP contribution < -0.4 is 10.2 Å².